The molecule has 0 aliphatic carbocycles. The maximum Gasteiger partial charge on any atom is 0.262 e. The fraction of sp³-hybridized carbons (Fsp3) is 0.389. The Bertz CT molecular complexity index is 871. The SMILES string of the molecule is Cc1cc(N2CCCOCC2c2cc3c(cc2Cl)NC(=O)CO3)nc(N)n1. The molecule has 3 N–H and O–H groups in total. The van der Waals surface area contributed by atoms with Crippen LogP contribution >= 0.6 is 11.6 Å². The summed E-state index contributed by atoms with van der Waals surface area (Å²) < 4.78 is 11.4. The summed E-state index contributed by atoms with van der Waals surface area (Å²) in [4.78, 5) is 22.2. The molecule has 8 nitrogen and oxygen atoms in total. The number of carbonyl (C=O) groups excluding carboxylic acids is 1. The Hall–Kier alpha value is -2.58. The van der Waals surface area contributed by atoms with Crippen molar-refractivity contribution >= 4 is 35.0 Å². The van der Waals surface area contributed by atoms with E-state index in [4.69, 9.17) is 26.8 Å². The first-order valence-electron chi connectivity index (χ1n) is 8.73. The van der Waals surface area contributed by atoms with E-state index in [1.54, 1.807) is 6.07 Å². The number of aryl methyl sites for hydroxylation is 1. The lowest BCUT2D eigenvalue weighted by molar-refractivity contribution is -0.118. The minimum Gasteiger partial charge on any atom is -0.482 e. The van der Waals surface area contributed by atoms with E-state index in [1.807, 2.05) is 19.1 Å². The van der Waals surface area contributed by atoms with E-state index in [9.17, 15) is 4.79 Å². The number of nitrogen functional groups attached to an aromatic ring is 1. The van der Waals surface area contributed by atoms with Crippen LogP contribution in [0.1, 0.15) is 23.7 Å². The van der Waals surface area contributed by atoms with Crippen molar-refractivity contribution in [2.75, 3.05) is 42.3 Å². The zero-order valence-corrected chi connectivity index (χ0v) is 15.6. The number of hydrogen-bond acceptors (Lipinski definition) is 7. The van der Waals surface area contributed by atoms with E-state index in [0.29, 0.717) is 29.7 Å². The molecule has 2 aliphatic rings. The maximum absolute atomic E-state index is 11.5. The van der Waals surface area contributed by atoms with Crippen molar-refractivity contribution in [3.8, 4) is 5.75 Å². The molecule has 1 aromatic heterocycles. The second kappa shape index (κ2) is 7.21. The van der Waals surface area contributed by atoms with E-state index < -0.39 is 0 Å². The first kappa shape index (κ1) is 17.8. The van der Waals surface area contributed by atoms with Gasteiger partial charge in [-0.25, -0.2) is 4.98 Å². The molecule has 9 heteroatoms. The van der Waals surface area contributed by atoms with Crippen LogP contribution in [0.3, 0.4) is 0 Å². The highest BCUT2D eigenvalue weighted by atomic mass is 35.5. The summed E-state index contributed by atoms with van der Waals surface area (Å²) in [6.07, 6.45) is 0.856. The van der Waals surface area contributed by atoms with Crippen molar-refractivity contribution in [1.29, 1.82) is 0 Å². The summed E-state index contributed by atoms with van der Waals surface area (Å²) in [6.45, 7) is 3.72. The van der Waals surface area contributed by atoms with E-state index in [0.717, 1.165) is 30.0 Å². The summed E-state index contributed by atoms with van der Waals surface area (Å²) in [5.74, 6) is 1.37. The van der Waals surface area contributed by atoms with Crippen molar-refractivity contribution in [3.05, 3.63) is 34.5 Å². The van der Waals surface area contributed by atoms with Crippen LogP contribution in [0.5, 0.6) is 5.75 Å². The first-order valence-corrected chi connectivity index (χ1v) is 9.10. The topological polar surface area (TPSA) is 103 Å². The minimum atomic E-state index is -0.197. The molecule has 1 atom stereocenters. The number of ether oxygens (including phenoxy) is 2. The van der Waals surface area contributed by atoms with Gasteiger partial charge >= 0.3 is 0 Å². The Morgan fingerprint density at radius 1 is 1.33 bits per heavy atom. The predicted octanol–water partition coefficient (Wildman–Crippen LogP) is 2.32. The van der Waals surface area contributed by atoms with Gasteiger partial charge in [0.1, 0.15) is 11.6 Å². The number of fused-ring (bicyclic) bond motifs is 1. The average molecular weight is 390 g/mol. The molecule has 0 radical (unpaired) electrons. The Balaban J connectivity index is 1.76. The maximum atomic E-state index is 11.5. The Morgan fingerprint density at radius 3 is 3.00 bits per heavy atom. The number of anilines is 3. The summed E-state index contributed by atoms with van der Waals surface area (Å²) >= 11 is 6.56. The molecule has 142 valence electrons. The first-order chi connectivity index (χ1) is 13.0. The fourth-order valence-corrected chi connectivity index (χ4v) is 3.69. The molecule has 0 bridgehead atoms. The third-order valence-corrected chi connectivity index (χ3v) is 4.91. The van der Waals surface area contributed by atoms with Crippen molar-refractivity contribution in [1.82, 2.24) is 9.97 Å². The highest BCUT2D eigenvalue weighted by molar-refractivity contribution is 6.32. The molecule has 1 fully saturated rings. The number of nitrogens with one attached hydrogen (secondary N) is 1. The van der Waals surface area contributed by atoms with Crippen LogP contribution in [0.4, 0.5) is 17.5 Å². The Kier molecular flexibility index (Phi) is 4.75. The molecule has 1 amide bonds. The van der Waals surface area contributed by atoms with Gasteiger partial charge in [0, 0.05) is 29.9 Å². The molecule has 2 aromatic rings. The molecule has 27 heavy (non-hydrogen) atoms. The molecule has 0 spiro atoms. The molecule has 4 rings (SSSR count). The number of halogens is 1. The van der Waals surface area contributed by atoms with Crippen molar-refractivity contribution in [2.24, 2.45) is 0 Å². The standard InChI is InChI=1S/C18H20ClN5O3/c1-10-5-16(23-18(20)21-10)24-3-2-4-26-8-14(24)11-6-15-13(7-12(11)19)22-17(25)9-27-15/h5-7,14H,2-4,8-9H2,1H3,(H,22,25)(H2,20,21,23). The van der Waals surface area contributed by atoms with E-state index in [2.05, 4.69) is 20.2 Å². The van der Waals surface area contributed by atoms with Crippen LogP contribution in [-0.4, -0.2) is 42.2 Å². The number of rotatable bonds is 2. The van der Waals surface area contributed by atoms with Crippen LogP contribution in [0.2, 0.25) is 5.02 Å². The van der Waals surface area contributed by atoms with Gasteiger partial charge in [0.15, 0.2) is 6.61 Å². The van der Waals surface area contributed by atoms with Gasteiger partial charge in [-0.2, -0.15) is 4.98 Å². The molecule has 1 unspecified atom stereocenters. The van der Waals surface area contributed by atoms with Gasteiger partial charge in [0.05, 0.1) is 18.3 Å². The number of hydrogen-bond donors (Lipinski definition) is 2. The van der Waals surface area contributed by atoms with E-state index >= 15 is 0 Å². The highest BCUT2D eigenvalue weighted by Crippen LogP contribution is 2.39. The van der Waals surface area contributed by atoms with Crippen LogP contribution < -0.4 is 20.7 Å². The lowest BCUT2D eigenvalue weighted by Gasteiger charge is -2.32. The van der Waals surface area contributed by atoms with Crippen molar-refractivity contribution < 1.29 is 14.3 Å². The molecule has 2 aliphatic heterocycles. The lowest BCUT2D eigenvalue weighted by atomic mass is 10.0. The highest BCUT2D eigenvalue weighted by Gasteiger charge is 2.29. The number of carbonyl (C=O) groups is 1. The zero-order chi connectivity index (χ0) is 19.0. The number of nitrogens with two attached hydrogens (primary N) is 1. The number of nitrogens with zero attached hydrogens (tertiary/aromatic N) is 3. The van der Waals surface area contributed by atoms with E-state index in [1.165, 1.54) is 0 Å². The molecule has 0 saturated carbocycles. The summed E-state index contributed by atoms with van der Waals surface area (Å²) in [7, 11) is 0. The number of amides is 1. The minimum absolute atomic E-state index is 0.0133. The Morgan fingerprint density at radius 2 is 2.19 bits per heavy atom. The third kappa shape index (κ3) is 3.63. The zero-order valence-electron chi connectivity index (χ0n) is 14.9. The summed E-state index contributed by atoms with van der Waals surface area (Å²) in [6, 6.07) is 5.31. The second-order valence-corrected chi connectivity index (χ2v) is 6.98. The number of aromatic nitrogens is 2. The predicted molar refractivity (Wildman–Crippen MR) is 102 cm³/mol. The second-order valence-electron chi connectivity index (χ2n) is 6.57. The van der Waals surface area contributed by atoms with Gasteiger partial charge in [0.2, 0.25) is 5.95 Å². The molecule has 3 heterocycles. The van der Waals surface area contributed by atoms with Gasteiger partial charge in [-0.05, 0) is 31.0 Å². The quantitative estimate of drug-likeness (QED) is 0.812. The molecular formula is C18H20ClN5O3. The molecule has 1 saturated heterocycles. The van der Waals surface area contributed by atoms with Gasteiger partial charge in [-0.1, -0.05) is 11.6 Å². The van der Waals surface area contributed by atoms with Gasteiger partial charge in [-0.15, -0.1) is 0 Å². The van der Waals surface area contributed by atoms with Gasteiger partial charge in [-0.3, -0.25) is 4.79 Å². The normalized spacial score (nSPS) is 19.7. The average Bonchev–Trinajstić information content (AvgIpc) is 2.86. The summed E-state index contributed by atoms with van der Waals surface area (Å²) in [5.41, 5.74) is 8.08. The van der Waals surface area contributed by atoms with Crippen LogP contribution in [0.15, 0.2) is 18.2 Å². The molecule has 1 aromatic carbocycles. The van der Waals surface area contributed by atoms with Crippen molar-refractivity contribution in [2.45, 2.75) is 19.4 Å². The van der Waals surface area contributed by atoms with Crippen LogP contribution in [0.25, 0.3) is 0 Å². The Labute approximate surface area is 161 Å². The van der Waals surface area contributed by atoms with Crippen LogP contribution in [-0.2, 0) is 9.53 Å². The van der Waals surface area contributed by atoms with Gasteiger partial charge < -0.3 is 25.4 Å². The van der Waals surface area contributed by atoms with Crippen molar-refractivity contribution in [3.63, 3.8) is 0 Å². The van der Waals surface area contributed by atoms with Crippen LogP contribution in [0, 0.1) is 6.92 Å². The number of benzene rings is 1. The fourth-order valence-electron chi connectivity index (χ4n) is 3.40. The monoisotopic (exact) mass is 389 g/mol. The van der Waals surface area contributed by atoms with E-state index in [-0.39, 0.29) is 24.5 Å². The van der Waals surface area contributed by atoms with Gasteiger partial charge in [0.25, 0.3) is 5.91 Å². The summed E-state index contributed by atoms with van der Waals surface area (Å²) in [5, 5.41) is 3.30. The molecular weight excluding hydrogens is 370 g/mol. The third-order valence-electron chi connectivity index (χ3n) is 4.58. The largest absolute Gasteiger partial charge is 0.482 e. The smallest absolute Gasteiger partial charge is 0.262 e. The lowest BCUT2D eigenvalue weighted by Crippen LogP contribution is -2.32.